The lowest BCUT2D eigenvalue weighted by molar-refractivity contribution is 0.194. The molecular formula is C12H17NO2. The first-order chi connectivity index (χ1) is 7.09. The highest BCUT2D eigenvalue weighted by Crippen LogP contribution is 2.13. The predicted molar refractivity (Wildman–Crippen MR) is 59.8 cm³/mol. The molecule has 0 fully saturated rings. The van der Waals surface area contributed by atoms with E-state index in [0.29, 0.717) is 12.5 Å². The number of nitrogens with one attached hydrogen (secondary N) is 1. The summed E-state index contributed by atoms with van der Waals surface area (Å²) in [6, 6.07) is 7.94. The molecule has 0 aliphatic heterocycles. The van der Waals surface area contributed by atoms with Gasteiger partial charge in [0.25, 0.3) is 0 Å². The smallest absolute Gasteiger partial charge is 0.404 e. The van der Waals surface area contributed by atoms with Crippen LogP contribution in [-0.2, 0) is 13.0 Å². The van der Waals surface area contributed by atoms with Crippen LogP contribution in [0.15, 0.2) is 24.3 Å². The standard InChI is InChI=1S/C12H17NO2/c1-9(2)7-10-5-3-4-6-11(10)8-13-12(14)15/h3-6,9,13H,7-8H2,1-2H3,(H,14,15). The molecule has 0 saturated heterocycles. The average Bonchev–Trinajstić information content (AvgIpc) is 2.15. The van der Waals surface area contributed by atoms with E-state index in [9.17, 15) is 4.79 Å². The summed E-state index contributed by atoms with van der Waals surface area (Å²) in [6.07, 6.45) is 0.00615. The van der Waals surface area contributed by atoms with E-state index in [1.807, 2.05) is 18.2 Å². The number of carbonyl (C=O) groups is 1. The van der Waals surface area contributed by atoms with E-state index >= 15 is 0 Å². The Morgan fingerprint density at radius 2 is 1.93 bits per heavy atom. The molecule has 0 radical (unpaired) electrons. The Morgan fingerprint density at radius 1 is 1.33 bits per heavy atom. The van der Waals surface area contributed by atoms with E-state index in [-0.39, 0.29) is 0 Å². The highest BCUT2D eigenvalue weighted by atomic mass is 16.4. The first-order valence-electron chi connectivity index (χ1n) is 5.13. The third-order valence-electron chi connectivity index (χ3n) is 2.18. The van der Waals surface area contributed by atoms with Crippen molar-refractivity contribution in [2.24, 2.45) is 5.92 Å². The number of carboxylic acid groups (broad SMARTS) is 1. The van der Waals surface area contributed by atoms with E-state index in [1.165, 1.54) is 5.56 Å². The van der Waals surface area contributed by atoms with Gasteiger partial charge in [-0.2, -0.15) is 0 Å². The van der Waals surface area contributed by atoms with Crippen molar-refractivity contribution < 1.29 is 9.90 Å². The molecule has 3 heteroatoms. The molecule has 1 aromatic carbocycles. The van der Waals surface area contributed by atoms with Crippen molar-refractivity contribution in [3.05, 3.63) is 35.4 Å². The summed E-state index contributed by atoms with van der Waals surface area (Å²) in [6.45, 7) is 4.70. The van der Waals surface area contributed by atoms with Gasteiger partial charge in [-0.05, 0) is 23.5 Å². The van der Waals surface area contributed by atoms with Crippen LogP contribution < -0.4 is 5.32 Å². The molecule has 3 nitrogen and oxygen atoms in total. The molecule has 0 unspecified atom stereocenters. The van der Waals surface area contributed by atoms with E-state index < -0.39 is 6.09 Å². The van der Waals surface area contributed by atoms with Gasteiger partial charge in [-0.15, -0.1) is 0 Å². The predicted octanol–water partition coefficient (Wildman–Crippen LogP) is 2.65. The molecule has 0 aliphatic rings. The molecule has 0 saturated carbocycles. The van der Waals surface area contributed by atoms with Crippen LogP contribution >= 0.6 is 0 Å². The lowest BCUT2D eigenvalue weighted by Gasteiger charge is -2.11. The van der Waals surface area contributed by atoms with Crippen LogP contribution in [0.4, 0.5) is 4.79 Å². The van der Waals surface area contributed by atoms with Crippen LogP contribution in [0.5, 0.6) is 0 Å². The summed E-state index contributed by atoms with van der Waals surface area (Å²) in [5.41, 5.74) is 2.29. The molecule has 0 spiro atoms. The topological polar surface area (TPSA) is 49.3 Å². The van der Waals surface area contributed by atoms with E-state index in [0.717, 1.165) is 12.0 Å². The Morgan fingerprint density at radius 3 is 2.47 bits per heavy atom. The summed E-state index contributed by atoms with van der Waals surface area (Å²) < 4.78 is 0. The van der Waals surface area contributed by atoms with Crippen molar-refractivity contribution >= 4 is 6.09 Å². The van der Waals surface area contributed by atoms with Crippen molar-refractivity contribution in [1.29, 1.82) is 0 Å². The van der Waals surface area contributed by atoms with Gasteiger partial charge in [-0.1, -0.05) is 38.1 Å². The van der Waals surface area contributed by atoms with Gasteiger partial charge in [0.15, 0.2) is 0 Å². The van der Waals surface area contributed by atoms with Gasteiger partial charge in [-0.3, -0.25) is 0 Å². The zero-order valence-corrected chi connectivity index (χ0v) is 9.16. The first kappa shape index (κ1) is 11.6. The highest BCUT2D eigenvalue weighted by molar-refractivity contribution is 5.64. The van der Waals surface area contributed by atoms with Gasteiger partial charge in [-0.25, -0.2) is 4.79 Å². The lowest BCUT2D eigenvalue weighted by atomic mass is 9.98. The van der Waals surface area contributed by atoms with Gasteiger partial charge in [0, 0.05) is 6.54 Å². The maximum Gasteiger partial charge on any atom is 0.404 e. The number of rotatable bonds is 4. The van der Waals surface area contributed by atoms with Gasteiger partial charge in [0.05, 0.1) is 0 Å². The van der Waals surface area contributed by atoms with Gasteiger partial charge >= 0.3 is 6.09 Å². The molecule has 82 valence electrons. The molecule has 0 atom stereocenters. The second-order valence-corrected chi connectivity index (χ2v) is 4.03. The molecule has 15 heavy (non-hydrogen) atoms. The normalized spacial score (nSPS) is 10.3. The van der Waals surface area contributed by atoms with Crippen LogP contribution in [0.2, 0.25) is 0 Å². The fourth-order valence-electron chi connectivity index (χ4n) is 1.54. The Balaban J connectivity index is 2.72. The zero-order chi connectivity index (χ0) is 11.3. The second-order valence-electron chi connectivity index (χ2n) is 4.03. The fraction of sp³-hybridized carbons (Fsp3) is 0.417. The molecular weight excluding hydrogens is 190 g/mol. The molecule has 0 aliphatic carbocycles. The first-order valence-corrected chi connectivity index (χ1v) is 5.13. The average molecular weight is 207 g/mol. The summed E-state index contributed by atoms with van der Waals surface area (Å²) in [7, 11) is 0. The lowest BCUT2D eigenvalue weighted by Crippen LogP contribution is -2.20. The van der Waals surface area contributed by atoms with Crippen molar-refractivity contribution in [1.82, 2.24) is 5.32 Å². The number of benzene rings is 1. The van der Waals surface area contributed by atoms with E-state index in [4.69, 9.17) is 5.11 Å². The number of hydrogen-bond donors (Lipinski definition) is 2. The Kier molecular flexibility index (Phi) is 4.16. The Labute approximate surface area is 90.1 Å². The van der Waals surface area contributed by atoms with Gasteiger partial charge in [0.2, 0.25) is 0 Å². The van der Waals surface area contributed by atoms with Crippen LogP contribution in [0, 0.1) is 5.92 Å². The fourth-order valence-corrected chi connectivity index (χ4v) is 1.54. The van der Waals surface area contributed by atoms with Crippen molar-refractivity contribution in [2.45, 2.75) is 26.8 Å². The molecule has 1 rings (SSSR count). The Bertz CT molecular complexity index is 334. The van der Waals surface area contributed by atoms with Crippen LogP contribution in [-0.4, -0.2) is 11.2 Å². The van der Waals surface area contributed by atoms with Crippen LogP contribution in [0.25, 0.3) is 0 Å². The minimum Gasteiger partial charge on any atom is -0.465 e. The third kappa shape index (κ3) is 4.02. The minimum absolute atomic E-state index is 0.387. The molecule has 0 aromatic heterocycles. The van der Waals surface area contributed by atoms with Crippen molar-refractivity contribution in [3.8, 4) is 0 Å². The van der Waals surface area contributed by atoms with Crippen LogP contribution in [0.3, 0.4) is 0 Å². The monoisotopic (exact) mass is 207 g/mol. The van der Waals surface area contributed by atoms with Gasteiger partial charge in [0.1, 0.15) is 0 Å². The zero-order valence-electron chi connectivity index (χ0n) is 9.16. The van der Waals surface area contributed by atoms with Gasteiger partial charge < -0.3 is 10.4 Å². The maximum absolute atomic E-state index is 10.4. The van der Waals surface area contributed by atoms with Crippen molar-refractivity contribution in [2.75, 3.05) is 0 Å². The van der Waals surface area contributed by atoms with E-state index in [2.05, 4.69) is 25.2 Å². The highest BCUT2D eigenvalue weighted by Gasteiger charge is 2.04. The summed E-state index contributed by atoms with van der Waals surface area (Å²) in [5.74, 6) is 0.580. The molecule has 1 amide bonds. The molecule has 1 aromatic rings. The SMILES string of the molecule is CC(C)Cc1ccccc1CNC(=O)O. The molecule has 0 heterocycles. The van der Waals surface area contributed by atoms with Crippen LogP contribution in [0.1, 0.15) is 25.0 Å². The van der Waals surface area contributed by atoms with Crippen molar-refractivity contribution in [3.63, 3.8) is 0 Å². The van der Waals surface area contributed by atoms with E-state index in [1.54, 1.807) is 0 Å². The molecule has 2 N–H and O–H groups in total. The third-order valence-corrected chi connectivity index (χ3v) is 2.18. The minimum atomic E-state index is -0.977. The Hall–Kier alpha value is -1.51. The molecule has 0 bridgehead atoms. The second kappa shape index (κ2) is 5.39. The largest absolute Gasteiger partial charge is 0.465 e. The number of amides is 1. The quantitative estimate of drug-likeness (QED) is 0.797. The summed E-state index contributed by atoms with van der Waals surface area (Å²) >= 11 is 0. The maximum atomic E-state index is 10.4. The summed E-state index contributed by atoms with van der Waals surface area (Å²) in [5, 5.41) is 10.9. The summed E-state index contributed by atoms with van der Waals surface area (Å²) in [4.78, 5) is 10.4. The number of hydrogen-bond acceptors (Lipinski definition) is 1.